The SMILES string of the molecule is COc1ccccc1OCCn1c(CNC(C)=O)nc2ccccc21. The van der Waals surface area contributed by atoms with Crippen LogP contribution in [0.1, 0.15) is 12.7 Å². The van der Waals surface area contributed by atoms with Crippen LogP contribution in [-0.2, 0) is 17.9 Å². The molecule has 3 rings (SSSR count). The van der Waals surface area contributed by atoms with Crippen LogP contribution in [0.5, 0.6) is 11.5 Å². The summed E-state index contributed by atoms with van der Waals surface area (Å²) in [6.45, 7) is 2.97. The van der Waals surface area contributed by atoms with E-state index in [1.165, 1.54) is 6.92 Å². The fourth-order valence-electron chi connectivity index (χ4n) is 2.70. The minimum atomic E-state index is -0.0797. The molecule has 0 aliphatic carbocycles. The minimum Gasteiger partial charge on any atom is -0.493 e. The number of para-hydroxylation sites is 4. The molecule has 1 N–H and O–H groups in total. The van der Waals surface area contributed by atoms with E-state index in [1.54, 1.807) is 7.11 Å². The van der Waals surface area contributed by atoms with Crippen molar-refractivity contribution < 1.29 is 14.3 Å². The zero-order chi connectivity index (χ0) is 17.6. The van der Waals surface area contributed by atoms with Crippen LogP contribution in [0.3, 0.4) is 0 Å². The van der Waals surface area contributed by atoms with E-state index >= 15 is 0 Å². The average Bonchev–Trinajstić information content (AvgIpc) is 2.98. The molecule has 1 heterocycles. The van der Waals surface area contributed by atoms with Gasteiger partial charge in [0.05, 0.1) is 31.2 Å². The van der Waals surface area contributed by atoms with Gasteiger partial charge >= 0.3 is 0 Å². The van der Waals surface area contributed by atoms with Gasteiger partial charge < -0.3 is 19.4 Å². The van der Waals surface area contributed by atoms with Crippen molar-refractivity contribution in [3.63, 3.8) is 0 Å². The van der Waals surface area contributed by atoms with Gasteiger partial charge in [-0.05, 0) is 24.3 Å². The number of ether oxygens (including phenoxy) is 2. The number of methoxy groups -OCH3 is 1. The van der Waals surface area contributed by atoms with E-state index in [-0.39, 0.29) is 5.91 Å². The summed E-state index contributed by atoms with van der Waals surface area (Å²) in [6.07, 6.45) is 0. The fraction of sp³-hybridized carbons (Fsp3) is 0.263. The predicted octanol–water partition coefficient (Wildman–Crippen LogP) is 2.76. The Hall–Kier alpha value is -3.02. The van der Waals surface area contributed by atoms with Crippen LogP contribution in [0.2, 0.25) is 0 Å². The van der Waals surface area contributed by atoms with Crippen molar-refractivity contribution in [3.8, 4) is 11.5 Å². The van der Waals surface area contributed by atoms with Gasteiger partial charge in [0.2, 0.25) is 5.91 Å². The Morgan fingerprint density at radius 1 is 1.12 bits per heavy atom. The molecule has 0 spiro atoms. The number of aromatic nitrogens is 2. The van der Waals surface area contributed by atoms with E-state index in [1.807, 2.05) is 48.5 Å². The van der Waals surface area contributed by atoms with Crippen molar-refractivity contribution in [1.82, 2.24) is 14.9 Å². The van der Waals surface area contributed by atoms with E-state index in [2.05, 4.69) is 14.9 Å². The lowest BCUT2D eigenvalue weighted by molar-refractivity contribution is -0.119. The monoisotopic (exact) mass is 339 g/mol. The first kappa shape index (κ1) is 16.8. The minimum absolute atomic E-state index is 0.0797. The van der Waals surface area contributed by atoms with E-state index in [9.17, 15) is 4.79 Å². The Bertz CT molecular complexity index is 873. The average molecular weight is 339 g/mol. The van der Waals surface area contributed by atoms with Crippen molar-refractivity contribution in [2.45, 2.75) is 20.0 Å². The number of amides is 1. The molecule has 25 heavy (non-hydrogen) atoms. The van der Waals surface area contributed by atoms with Crippen molar-refractivity contribution >= 4 is 16.9 Å². The Morgan fingerprint density at radius 3 is 2.60 bits per heavy atom. The predicted molar refractivity (Wildman–Crippen MR) is 95.7 cm³/mol. The van der Waals surface area contributed by atoms with Crippen LogP contribution in [0.15, 0.2) is 48.5 Å². The zero-order valence-corrected chi connectivity index (χ0v) is 14.4. The summed E-state index contributed by atoms with van der Waals surface area (Å²) in [4.78, 5) is 15.8. The van der Waals surface area contributed by atoms with Crippen LogP contribution in [0, 0.1) is 0 Å². The molecule has 6 nitrogen and oxygen atoms in total. The quantitative estimate of drug-likeness (QED) is 0.719. The summed E-state index contributed by atoms with van der Waals surface area (Å²) in [5, 5.41) is 2.81. The van der Waals surface area contributed by atoms with Crippen LogP contribution in [0.25, 0.3) is 11.0 Å². The van der Waals surface area contributed by atoms with Gasteiger partial charge in [0.1, 0.15) is 12.4 Å². The molecule has 1 amide bonds. The second kappa shape index (κ2) is 7.70. The van der Waals surface area contributed by atoms with E-state index in [4.69, 9.17) is 9.47 Å². The maximum absolute atomic E-state index is 11.2. The van der Waals surface area contributed by atoms with Gasteiger partial charge in [-0.1, -0.05) is 24.3 Å². The number of benzene rings is 2. The molecule has 1 aromatic heterocycles. The summed E-state index contributed by atoms with van der Waals surface area (Å²) in [5.74, 6) is 2.14. The number of nitrogens with zero attached hydrogens (tertiary/aromatic N) is 2. The number of fused-ring (bicyclic) bond motifs is 1. The zero-order valence-electron chi connectivity index (χ0n) is 14.4. The number of carbonyl (C=O) groups is 1. The van der Waals surface area contributed by atoms with Crippen molar-refractivity contribution in [1.29, 1.82) is 0 Å². The molecule has 0 aliphatic heterocycles. The molecular formula is C19H21N3O3. The van der Waals surface area contributed by atoms with E-state index in [0.29, 0.717) is 31.2 Å². The molecule has 130 valence electrons. The Labute approximate surface area is 146 Å². The van der Waals surface area contributed by atoms with E-state index in [0.717, 1.165) is 16.9 Å². The second-order valence-corrected chi connectivity index (χ2v) is 5.58. The van der Waals surface area contributed by atoms with Gasteiger partial charge in [0.15, 0.2) is 11.5 Å². The number of hydrogen-bond donors (Lipinski definition) is 1. The number of imidazole rings is 1. The Balaban J connectivity index is 1.77. The lowest BCUT2D eigenvalue weighted by Crippen LogP contribution is -2.22. The highest BCUT2D eigenvalue weighted by molar-refractivity contribution is 5.76. The second-order valence-electron chi connectivity index (χ2n) is 5.58. The highest BCUT2D eigenvalue weighted by Gasteiger charge is 2.11. The number of hydrogen-bond acceptors (Lipinski definition) is 4. The van der Waals surface area contributed by atoms with Crippen molar-refractivity contribution in [3.05, 3.63) is 54.4 Å². The molecule has 6 heteroatoms. The third kappa shape index (κ3) is 3.91. The summed E-state index contributed by atoms with van der Waals surface area (Å²) >= 11 is 0. The lowest BCUT2D eigenvalue weighted by atomic mass is 10.3. The van der Waals surface area contributed by atoms with Gasteiger partial charge in [-0.25, -0.2) is 4.98 Å². The van der Waals surface area contributed by atoms with Gasteiger partial charge in [-0.15, -0.1) is 0 Å². The topological polar surface area (TPSA) is 65.4 Å². The first-order valence-corrected chi connectivity index (χ1v) is 8.13. The summed E-state index contributed by atoms with van der Waals surface area (Å²) < 4.78 is 13.2. The van der Waals surface area contributed by atoms with Crippen LogP contribution in [-0.4, -0.2) is 29.2 Å². The summed E-state index contributed by atoms with van der Waals surface area (Å²) in [7, 11) is 1.62. The third-order valence-corrected chi connectivity index (χ3v) is 3.87. The van der Waals surface area contributed by atoms with Crippen molar-refractivity contribution in [2.75, 3.05) is 13.7 Å². The molecule has 0 atom stereocenters. The third-order valence-electron chi connectivity index (χ3n) is 3.87. The number of rotatable bonds is 7. The molecule has 0 saturated carbocycles. The summed E-state index contributed by atoms with van der Waals surface area (Å²) in [6, 6.07) is 15.5. The first-order valence-electron chi connectivity index (χ1n) is 8.13. The highest BCUT2D eigenvalue weighted by atomic mass is 16.5. The molecule has 0 saturated heterocycles. The normalized spacial score (nSPS) is 10.6. The van der Waals surface area contributed by atoms with E-state index < -0.39 is 0 Å². The molecular weight excluding hydrogens is 318 g/mol. The highest BCUT2D eigenvalue weighted by Crippen LogP contribution is 2.26. The van der Waals surface area contributed by atoms with Gasteiger partial charge in [0.25, 0.3) is 0 Å². The molecule has 0 fully saturated rings. The van der Waals surface area contributed by atoms with Crippen LogP contribution < -0.4 is 14.8 Å². The maximum Gasteiger partial charge on any atom is 0.217 e. The fourth-order valence-corrected chi connectivity index (χ4v) is 2.70. The summed E-state index contributed by atoms with van der Waals surface area (Å²) in [5.41, 5.74) is 1.92. The largest absolute Gasteiger partial charge is 0.493 e. The Morgan fingerprint density at radius 2 is 1.84 bits per heavy atom. The van der Waals surface area contributed by atoms with Gasteiger partial charge in [-0.2, -0.15) is 0 Å². The van der Waals surface area contributed by atoms with Crippen molar-refractivity contribution in [2.24, 2.45) is 0 Å². The molecule has 0 unspecified atom stereocenters. The maximum atomic E-state index is 11.2. The van der Waals surface area contributed by atoms with Gasteiger partial charge in [-0.3, -0.25) is 4.79 Å². The first-order chi connectivity index (χ1) is 12.2. The lowest BCUT2D eigenvalue weighted by Gasteiger charge is -2.13. The molecule has 0 bridgehead atoms. The molecule has 2 aromatic carbocycles. The van der Waals surface area contributed by atoms with Gasteiger partial charge in [0, 0.05) is 6.92 Å². The smallest absolute Gasteiger partial charge is 0.217 e. The number of carbonyl (C=O) groups excluding carboxylic acids is 1. The number of nitrogens with one attached hydrogen (secondary N) is 1. The molecule has 0 aliphatic rings. The molecule has 0 radical (unpaired) electrons. The van der Waals surface area contributed by atoms with Crippen LogP contribution >= 0.6 is 0 Å². The standard InChI is InChI=1S/C19H21N3O3/c1-14(23)20-13-19-21-15-7-3-4-8-16(15)22(19)11-12-25-18-10-6-5-9-17(18)24-2/h3-10H,11-13H2,1-2H3,(H,20,23). The Kier molecular flexibility index (Phi) is 5.18. The van der Waals surface area contributed by atoms with Crippen LogP contribution in [0.4, 0.5) is 0 Å². The molecule has 3 aromatic rings.